The molecular weight excluding hydrogens is 261 g/mol. The summed E-state index contributed by atoms with van der Waals surface area (Å²) in [4.78, 5) is 10.9. The normalized spacial score (nSPS) is 23.1. The maximum absolute atomic E-state index is 13.9. The van der Waals surface area contributed by atoms with Crippen LogP contribution in [-0.2, 0) is 4.79 Å². The maximum atomic E-state index is 13.9. The van der Waals surface area contributed by atoms with Crippen LogP contribution in [0.15, 0.2) is 12.1 Å². The van der Waals surface area contributed by atoms with Gasteiger partial charge >= 0.3 is 5.97 Å². The minimum Gasteiger partial charge on any atom is -0.495 e. The number of nitrogens with one attached hydrogen (secondary N) is 1. The van der Waals surface area contributed by atoms with Crippen LogP contribution < -0.4 is 10.1 Å². The summed E-state index contributed by atoms with van der Waals surface area (Å²) in [6.07, 6.45) is 0.356. The molecule has 0 saturated carbocycles. The number of carboxylic acid groups (broad SMARTS) is 1. The molecule has 0 spiro atoms. The molecule has 18 heavy (non-hydrogen) atoms. The van der Waals surface area contributed by atoms with E-state index < -0.39 is 17.7 Å². The minimum atomic E-state index is -0.870. The lowest BCUT2D eigenvalue weighted by Gasteiger charge is -2.14. The van der Waals surface area contributed by atoms with Crippen molar-refractivity contribution in [3.63, 3.8) is 0 Å². The van der Waals surface area contributed by atoms with E-state index in [1.54, 1.807) is 0 Å². The zero-order chi connectivity index (χ0) is 13.3. The quantitative estimate of drug-likeness (QED) is 0.887. The molecule has 1 aromatic rings. The first-order valence-corrected chi connectivity index (χ1v) is 5.90. The molecule has 0 aliphatic carbocycles. The predicted molar refractivity (Wildman–Crippen MR) is 64.4 cm³/mol. The zero-order valence-electron chi connectivity index (χ0n) is 9.74. The standard InChI is InChI=1S/C12H13ClFNO3/c1-18-11-4-9(14)7(3-8(11)13)10-2-6(5-15-10)12(16)17/h3-4,6,10,15H,2,5H2,1H3,(H,16,17). The summed E-state index contributed by atoms with van der Waals surface area (Å²) in [5, 5.41) is 12.2. The summed E-state index contributed by atoms with van der Waals surface area (Å²) in [5.41, 5.74) is 0.379. The maximum Gasteiger partial charge on any atom is 0.307 e. The van der Waals surface area contributed by atoms with E-state index in [0.717, 1.165) is 0 Å². The van der Waals surface area contributed by atoms with Crippen LogP contribution in [0, 0.1) is 11.7 Å². The fourth-order valence-electron chi connectivity index (χ4n) is 2.13. The molecule has 1 saturated heterocycles. The number of rotatable bonds is 3. The number of carboxylic acids is 1. The Morgan fingerprint density at radius 1 is 1.61 bits per heavy atom. The monoisotopic (exact) mass is 273 g/mol. The first kappa shape index (κ1) is 13.1. The van der Waals surface area contributed by atoms with E-state index in [1.165, 1.54) is 19.2 Å². The number of ether oxygens (including phenoxy) is 1. The van der Waals surface area contributed by atoms with Crippen LogP contribution in [0.4, 0.5) is 4.39 Å². The lowest BCUT2D eigenvalue weighted by Crippen LogP contribution is -2.17. The number of methoxy groups -OCH3 is 1. The van der Waals surface area contributed by atoms with Crippen LogP contribution in [0.1, 0.15) is 18.0 Å². The van der Waals surface area contributed by atoms with Crippen LogP contribution in [0.25, 0.3) is 0 Å². The van der Waals surface area contributed by atoms with Gasteiger partial charge in [0.1, 0.15) is 11.6 Å². The summed E-state index contributed by atoms with van der Waals surface area (Å²) < 4.78 is 18.8. The van der Waals surface area contributed by atoms with Crippen molar-refractivity contribution in [2.24, 2.45) is 5.92 Å². The molecule has 1 aromatic carbocycles. The van der Waals surface area contributed by atoms with Gasteiger partial charge in [-0.2, -0.15) is 0 Å². The van der Waals surface area contributed by atoms with E-state index in [4.69, 9.17) is 21.4 Å². The van der Waals surface area contributed by atoms with Crippen LogP contribution in [0.5, 0.6) is 5.75 Å². The second-order valence-corrected chi connectivity index (χ2v) is 4.65. The second-order valence-electron chi connectivity index (χ2n) is 4.24. The first-order chi connectivity index (χ1) is 8.52. The third kappa shape index (κ3) is 2.42. The molecule has 2 rings (SSSR count). The highest BCUT2D eigenvalue weighted by Gasteiger charge is 2.31. The van der Waals surface area contributed by atoms with Crippen molar-refractivity contribution in [1.29, 1.82) is 0 Å². The molecule has 2 atom stereocenters. The highest BCUT2D eigenvalue weighted by Crippen LogP contribution is 2.34. The molecule has 4 nitrogen and oxygen atoms in total. The van der Waals surface area contributed by atoms with Gasteiger partial charge in [-0.25, -0.2) is 4.39 Å². The first-order valence-electron chi connectivity index (χ1n) is 5.52. The lowest BCUT2D eigenvalue weighted by molar-refractivity contribution is -0.141. The number of halogens is 2. The Hall–Kier alpha value is -1.33. The van der Waals surface area contributed by atoms with Crippen LogP contribution in [0.2, 0.25) is 5.02 Å². The van der Waals surface area contributed by atoms with Crippen molar-refractivity contribution in [2.45, 2.75) is 12.5 Å². The fourth-order valence-corrected chi connectivity index (χ4v) is 2.38. The predicted octanol–water partition coefficient (Wildman–Crippen LogP) is 2.22. The molecule has 1 heterocycles. The minimum absolute atomic E-state index is 0.269. The van der Waals surface area contributed by atoms with Crippen molar-refractivity contribution in [1.82, 2.24) is 5.32 Å². The highest BCUT2D eigenvalue weighted by molar-refractivity contribution is 6.32. The molecule has 1 fully saturated rings. The summed E-state index contributed by atoms with van der Waals surface area (Å²) in [5.74, 6) is -1.54. The average Bonchev–Trinajstić information content (AvgIpc) is 2.81. The van der Waals surface area contributed by atoms with Crippen LogP contribution in [-0.4, -0.2) is 24.7 Å². The van der Waals surface area contributed by atoms with E-state index in [1.807, 2.05) is 0 Å². The molecule has 2 unspecified atom stereocenters. The largest absolute Gasteiger partial charge is 0.495 e. The smallest absolute Gasteiger partial charge is 0.307 e. The highest BCUT2D eigenvalue weighted by atomic mass is 35.5. The topological polar surface area (TPSA) is 58.6 Å². The van der Waals surface area contributed by atoms with Gasteiger partial charge in [-0.15, -0.1) is 0 Å². The Labute approximate surface area is 109 Å². The molecule has 0 aromatic heterocycles. The molecular formula is C12H13ClFNO3. The van der Waals surface area contributed by atoms with Crippen LogP contribution >= 0.6 is 11.6 Å². The number of aliphatic carboxylic acids is 1. The van der Waals surface area contributed by atoms with Gasteiger partial charge in [-0.1, -0.05) is 11.6 Å². The summed E-state index contributed by atoms with van der Waals surface area (Å²) >= 11 is 5.94. The van der Waals surface area contributed by atoms with Crippen molar-refractivity contribution in [2.75, 3.05) is 13.7 Å². The Morgan fingerprint density at radius 2 is 2.33 bits per heavy atom. The van der Waals surface area contributed by atoms with E-state index in [2.05, 4.69) is 5.32 Å². The summed E-state index contributed by atoms with van der Waals surface area (Å²) in [6, 6.07) is 2.37. The molecule has 98 valence electrons. The van der Waals surface area contributed by atoms with E-state index in [9.17, 15) is 9.18 Å². The van der Waals surface area contributed by atoms with Gasteiger partial charge in [0.2, 0.25) is 0 Å². The molecule has 0 radical (unpaired) electrons. The van der Waals surface area contributed by atoms with E-state index in [-0.39, 0.29) is 11.8 Å². The van der Waals surface area contributed by atoms with Crippen molar-refractivity contribution in [3.05, 3.63) is 28.5 Å². The second kappa shape index (κ2) is 5.12. The van der Waals surface area contributed by atoms with Gasteiger partial charge in [-0.3, -0.25) is 4.79 Å². The average molecular weight is 274 g/mol. The van der Waals surface area contributed by atoms with Crippen molar-refractivity contribution < 1.29 is 19.0 Å². The Balaban J connectivity index is 2.25. The Bertz CT molecular complexity index is 481. The molecule has 0 bridgehead atoms. The van der Waals surface area contributed by atoms with Crippen LogP contribution in [0.3, 0.4) is 0 Å². The number of hydrogen-bond donors (Lipinski definition) is 2. The SMILES string of the molecule is COc1cc(F)c(C2CC(C(=O)O)CN2)cc1Cl. The Kier molecular flexibility index (Phi) is 3.73. The third-order valence-electron chi connectivity index (χ3n) is 3.13. The molecule has 6 heteroatoms. The van der Waals surface area contributed by atoms with Crippen molar-refractivity contribution >= 4 is 17.6 Å². The molecule has 0 amide bonds. The van der Waals surface area contributed by atoms with E-state index in [0.29, 0.717) is 23.6 Å². The molecule has 2 N–H and O–H groups in total. The number of benzene rings is 1. The van der Waals surface area contributed by atoms with Gasteiger partial charge in [0.25, 0.3) is 0 Å². The summed E-state index contributed by atoms with van der Waals surface area (Å²) in [6.45, 7) is 0.336. The number of hydrogen-bond acceptors (Lipinski definition) is 3. The molecule has 1 aliphatic rings. The van der Waals surface area contributed by atoms with Gasteiger partial charge in [-0.05, 0) is 12.5 Å². The van der Waals surface area contributed by atoms with Crippen molar-refractivity contribution in [3.8, 4) is 5.75 Å². The van der Waals surface area contributed by atoms with Gasteiger partial charge in [0, 0.05) is 24.2 Å². The lowest BCUT2D eigenvalue weighted by atomic mass is 9.99. The number of carbonyl (C=O) groups is 1. The summed E-state index contributed by atoms with van der Waals surface area (Å²) in [7, 11) is 1.41. The molecule has 1 aliphatic heterocycles. The Morgan fingerprint density at radius 3 is 2.89 bits per heavy atom. The van der Waals surface area contributed by atoms with Gasteiger partial charge < -0.3 is 15.2 Å². The van der Waals surface area contributed by atoms with Gasteiger partial charge in [0.05, 0.1) is 18.1 Å². The fraction of sp³-hybridized carbons (Fsp3) is 0.417. The third-order valence-corrected chi connectivity index (χ3v) is 3.42. The zero-order valence-corrected chi connectivity index (χ0v) is 10.5. The van der Waals surface area contributed by atoms with Gasteiger partial charge in [0.15, 0.2) is 0 Å². The van der Waals surface area contributed by atoms with E-state index >= 15 is 0 Å².